The molecule has 3 aliphatic carbocycles. The number of aldehydes is 3. The molecule has 1 N–H and O–H groups in total. The fourth-order valence-electron chi connectivity index (χ4n) is 7.73. The fourth-order valence-corrected chi connectivity index (χ4v) is 8.64. The predicted molar refractivity (Wildman–Crippen MR) is 152 cm³/mol. The topological polar surface area (TPSA) is 66.5 Å². The van der Waals surface area contributed by atoms with Crippen LogP contribution in [0.1, 0.15) is 73.0 Å². The second-order valence-electron chi connectivity index (χ2n) is 12.0. The van der Waals surface area contributed by atoms with Crippen molar-refractivity contribution in [1.29, 1.82) is 0 Å². The molecule has 202 valence electrons. The minimum atomic E-state index is -0.343. The van der Waals surface area contributed by atoms with Crippen LogP contribution < -0.4 is 5.32 Å². The molecule has 5 nitrogen and oxygen atoms in total. The number of nitrogens with zero attached hydrogens (tertiary/aromatic N) is 1. The number of benzene rings is 2. The van der Waals surface area contributed by atoms with Crippen molar-refractivity contribution >= 4 is 30.6 Å². The molecule has 3 saturated carbocycles. The monoisotopic (exact) mass is 532 g/mol. The van der Waals surface area contributed by atoms with Gasteiger partial charge in [-0.3, -0.25) is 9.69 Å². The van der Waals surface area contributed by atoms with Crippen LogP contribution in [0.2, 0.25) is 0 Å². The van der Waals surface area contributed by atoms with Crippen molar-refractivity contribution in [2.45, 2.75) is 81.8 Å². The van der Waals surface area contributed by atoms with E-state index >= 15 is 0 Å². The van der Waals surface area contributed by atoms with Crippen molar-refractivity contribution in [3.63, 3.8) is 0 Å². The highest BCUT2D eigenvalue weighted by atomic mass is 32.2. The lowest BCUT2D eigenvalue weighted by atomic mass is 9.56. The van der Waals surface area contributed by atoms with E-state index in [0.29, 0.717) is 41.8 Å². The van der Waals surface area contributed by atoms with Gasteiger partial charge in [0.05, 0.1) is 6.04 Å². The maximum Gasteiger partial charge on any atom is 0.150 e. The summed E-state index contributed by atoms with van der Waals surface area (Å²) in [5.74, 6) is 2.74. The van der Waals surface area contributed by atoms with Gasteiger partial charge >= 0.3 is 0 Å². The first kappa shape index (κ1) is 27.3. The molecule has 5 rings (SSSR count). The van der Waals surface area contributed by atoms with Crippen LogP contribution in [0.5, 0.6) is 0 Å². The zero-order valence-corrected chi connectivity index (χ0v) is 23.6. The van der Waals surface area contributed by atoms with E-state index in [1.165, 1.54) is 30.4 Å². The molecule has 2 aromatic carbocycles. The maximum absolute atomic E-state index is 11.6. The number of carbonyl (C=O) groups excluding carboxylic acids is 3. The Morgan fingerprint density at radius 1 is 1.11 bits per heavy atom. The number of carbonyl (C=O) groups is 3. The van der Waals surface area contributed by atoms with Gasteiger partial charge in [0.25, 0.3) is 0 Å². The molecule has 0 aliphatic heterocycles. The smallest absolute Gasteiger partial charge is 0.150 e. The number of nitrogens with one attached hydrogen (secondary N) is 1. The molecule has 0 aromatic heterocycles. The van der Waals surface area contributed by atoms with Gasteiger partial charge in [-0.1, -0.05) is 44.2 Å². The molecule has 2 aromatic rings. The van der Waals surface area contributed by atoms with Crippen LogP contribution in [0.15, 0.2) is 47.4 Å². The van der Waals surface area contributed by atoms with Crippen LogP contribution in [-0.2, 0) is 28.4 Å². The maximum atomic E-state index is 11.6. The van der Waals surface area contributed by atoms with E-state index < -0.39 is 0 Å². The van der Waals surface area contributed by atoms with Gasteiger partial charge in [0.1, 0.15) is 18.9 Å². The van der Waals surface area contributed by atoms with E-state index in [-0.39, 0.29) is 6.04 Å². The third kappa shape index (κ3) is 4.80. The van der Waals surface area contributed by atoms with Crippen molar-refractivity contribution in [2.75, 3.05) is 7.05 Å². The van der Waals surface area contributed by atoms with Crippen molar-refractivity contribution in [3.8, 4) is 0 Å². The fraction of sp³-hybridized carbons (Fsp3) is 0.531. The van der Waals surface area contributed by atoms with Crippen molar-refractivity contribution in [1.82, 2.24) is 10.2 Å². The summed E-state index contributed by atoms with van der Waals surface area (Å²) in [5, 5.41) is 3.90. The summed E-state index contributed by atoms with van der Waals surface area (Å²) < 4.78 is 0. The molecule has 0 radical (unpaired) electrons. The van der Waals surface area contributed by atoms with E-state index in [2.05, 4.69) is 43.4 Å². The molecule has 0 amide bonds. The third-order valence-corrected chi connectivity index (χ3v) is 11.4. The number of thioether (sulfide) groups is 1. The zero-order valence-electron chi connectivity index (χ0n) is 22.8. The number of hydrogen-bond donors (Lipinski definition) is 1. The zero-order chi connectivity index (χ0) is 26.9. The minimum absolute atomic E-state index is 0.343. The highest BCUT2D eigenvalue weighted by Gasteiger charge is 2.80. The van der Waals surface area contributed by atoms with Gasteiger partial charge in [-0.15, -0.1) is 11.8 Å². The Morgan fingerprint density at radius 2 is 1.87 bits per heavy atom. The van der Waals surface area contributed by atoms with Crippen LogP contribution in [-0.4, -0.2) is 42.9 Å². The largest absolute Gasteiger partial charge is 0.309 e. The lowest BCUT2D eigenvalue weighted by molar-refractivity contribution is -0.113. The molecule has 3 aliphatic rings. The molecule has 6 heteroatoms. The molecule has 6 unspecified atom stereocenters. The van der Waals surface area contributed by atoms with Gasteiger partial charge in [0.2, 0.25) is 0 Å². The Bertz CT molecular complexity index is 1180. The Labute approximate surface area is 231 Å². The number of hydrogen-bond acceptors (Lipinski definition) is 6. The lowest BCUT2D eigenvalue weighted by Crippen LogP contribution is -2.51. The summed E-state index contributed by atoms with van der Waals surface area (Å²) in [4.78, 5) is 36.8. The normalized spacial score (nSPS) is 29.7. The van der Waals surface area contributed by atoms with Crippen LogP contribution in [0.25, 0.3) is 0 Å². The quantitative estimate of drug-likeness (QED) is 0.249. The molecule has 6 atom stereocenters. The van der Waals surface area contributed by atoms with Crippen LogP contribution in [0.4, 0.5) is 0 Å². The summed E-state index contributed by atoms with van der Waals surface area (Å²) >= 11 is 1.75. The Morgan fingerprint density at radius 3 is 2.50 bits per heavy atom. The van der Waals surface area contributed by atoms with E-state index in [1.54, 1.807) is 11.8 Å². The van der Waals surface area contributed by atoms with Crippen LogP contribution in [0, 0.1) is 22.7 Å². The molecular formula is C32H40N2O3S. The molecule has 0 heterocycles. The van der Waals surface area contributed by atoms with Gasteiger partial charge in [0.15, 0.2) is 0 Å². The molecule has 38 heavy (non-hydrogen) atoms. The Kier molecular flexibility index (Phi) is 7.95. The highest BCUT2D eigenvalue weighted by molar-refractivity contribution is 7.98. The third-order valence-electron chi connectivity index (χ3n) is 10.3. The van der Waals surface area contributed by atoms with Gasteiger partial charge in [-0.25, -0.2) is 0 Å². The summed E-state index contributed by atoms with van der Waals surface area (Å²) in [6.07, 6.45) is 7.58. The van der Waals surface area contributed by atoms with E-state index in [4.69, 9.17) is 0 Å². The Balaban J connectivity index is 1.14. The van der Waals surface area contributed by atoms with Crippen molar-refractivity contribution in [2.24, 2.45) is 22.7 Å². The second kappa shape index (κ2) is 11.1. The number of rotatable bonds is 14. The second-order valence-corrected chi connectivity index (χ2v) is 13.0. The molecule has 0 saturated heterocycles. The van der Waals surface area contributed by atoms with E-state index in [1.807, 2.05) is 30.1 Å². The SMILES string of the molecule is CC1C2CC(NCc3ccc(CSc4ccc(C=O)c(CN(C)C(C=O)CCC=O)c4)cc3)C3(C)CCC123. The minimum Gasteiger partial charge on any atom is -0.309 e. The molecular weight excluding hydrogens is 492 g/mol. The van der Waals surface area contributed by atoms with Gasteiger partial charge in [-0.05, 0) is 84.2 Å². The molecule has 1 spiro atoms. The van der Waals surface area contributed by atoms with Gasteiger partial charge in [-0.2, -0.15) is 0 Å². The van der Waals surface area contributed by atoms with Crippen molar-refractivity contribution in [3.05, 3.63) is 64.7 Å². The summed E-state index contributed by atoms with van der Waals surface area (Å²) in [7, 11) is 1.86. The lowest BCUT2D eigenvalue weighted by Gasteiger charge is -2.51. The molecule has 3 fully saturated rings. The standard InChI is InChI=1S/C32H40N2O3S/c1-22-29-16-30(31(2)12-13-32(22,29)31)33-17-23-6-8-24(9-7-23)21-38-28-11-10-25(19-36)26(15-28)18-34(3)27(20-37)5-4-14-35/h6-11,14-15,19-20,22,27,29-30,33H,4-5,12-13,16-18,21H2,1-3H3. The number of likely N-dealkylation sites (N-methyl/N-ethyl adjacent to an activating group) is 1. The average molecular weight is 533 g/mol. The molecule has 0 bridgehead atoms. The Hall–Kier alpha value is -2.28. The highest BCUT2D eigenvalue weighted by Crippen LogP contribution is 2.84. The summed E-state index contributed by atoms with van der Waals surface area (Å²) in [6.45, 7) is 6.40. The first-order valence-electron chi connectivity index (χ1n) is 14.0. The first-order valence-corrected chi connectivity index (χ1v) is 15.0. The van der Waals surface area contributed by atoms with Crippen LogP contribution >= 0.6 is 11.8 Å². The van der Waals surface area contributed by atoms with E-state index in [0.717, 1.165) is 53.5 Å². The summed E-state index contributed by atoms with van der Waals surface area (Å²) in [5.41, 5.74) is 5.31. The van der Waals surface area contributed by atoms with Crippen LogP contribution in [0.3, 0.4) is 0 Å². The predicted octanol–water partition coefficient (Wildman–Crippen LogP) is 5.68. The van der Waals surface area contributed by atoms with E-state index in [9.17, 15) is 14.4 Å². The van der Waals surface area contributed by atoms with Gasteiger partial charge in [0, 0.05) is 41.8 Å². The van der Waals surface area contributed by atoms with Gasteiger partial charge < -0.3 is 14.9 Å². The first-order chi connectivity index (χ1) is 18.4. The van der Waals surface area contributed by atoms with Crippen molar-refractivity contribution < 1.29 is 14.4 Å². The average Bonchev–Trinajstić information content (AvgIpc) is 3.50. The summed E-state index contributed by atoms with van der Waals surface area (Å²) in [6, 6.07) is 15.1.